The largest absolute Gasteiger partial charge is 0.497 e. The lowest BCUT2D eigenvalue weighted by molar-refractivity contribution is 0.245. The summed E-state index contributed by atoms with van der Waals surface area (Å²) in [7, 11) is 3.53. The van der Waals surface area contributed by atoms with Gasteiger partial charge in [0.15, 0.2) is 5.96 Å². The Morgan fingerprint density at radius 2 is 1.69 bits per heavy atom. The number of hydrogen-bond donors (Lipinski definition) is 2. The maximum absolute atomic E-state index is 5.32. The van der Waals surface area contributed by atoms with Crippen LogP contribution < -0.4 is 15.4 Å². The molecule has 1 saturated heterocycles. The van der Waals surface area contributed by atoms with Crippen LogP contribution in [0.3, 0.4) is 0 Å². The molecule has 158 valence electrons. The van der Waals surface area contributed by atoms with Crippen LogP contribution in [0.4, 0.5) is 0 Å². The van der Waals surface area contributed by atoms with Gasteiger partial charge in [-0.05, 0) is 56.1 Å². The summed E-state index contributed by atoms with van der Waals surface area (Å²) in [5.74, 6) is 1.72. The molecule has 29 heavy (non-hydrogen) atoms. The van der Waals surface area contributed by atoms with Crippen LogP contribution in [0.1, 0.15) is 43.0 Å². The van der Waals surface area contributed by atoms with E-state index in [9.17, 15) is 0 Å². The number of methoxy groups -OCH3 is 1. The van der Waals surface area contributed by atoms with Gasteiger partial charge < -0.3 is 15.4 Å². The number of aliphatic imine (C=N–C) groups is 1. The molecule has 0 spiro atoms. The number of rotatable bonds is 7. The second-order valence-corrected chi connectivity index (χ2v) is 7.26. The van der Waals surface area contributed by atoms with Gasteiger partial charge in [0.25, 0.3) is 0 Å². The number of likely N-dealkylation sites (tertiary alicyclic amines) is 1. The van der Waals surface area contributed by atoms with Crippen molar-refractivity contribution in [3.05, 3.63) is 65.7 Å². The molecule has 1 aliphatic heterocycles. The van der Waals surface area contributed by atoms with Crippen molar-refractivity contribution in [2.45, 2.75) is 31.8 Å². The van der Waals surface area contributed by atoms with Gasteiger partial charge in [0.1, 0.15) is 5.75 Å². The van der Waals surface area contributed by atoms with Crippen molar-refractivity contribution in [2.24, 2.45) is 4.99 Å². The van der Waals surface area contributed by atoms with Crippen molar-refractivity contribution in [3.63, 3.8) is 0 Å². The minimum Gasteiger partial charge on any atom is -0.497 e. The first-order valence-electron chi connectivity index (χ1n) is 10.1. The van der Waals surface area contributed by atoms with Crippen LogP contribution in [0.2, 0.25) is 0 Å². The molecular formula is C23H33IN4O. The average Bonchev–Trinajstić information content (AvgIpc) is 3.28. The van der Waals surface area contributed by atoms with Crippen LogP contribution in [-0.2, 0) is 0 Å². The lowest BCUT2D eigenvalue weighted by Crippen LogP contribution is -2.43. The first kappa shape index (κ1) is 23.5. The van der Waals surface area contributed by atoms with Crippen molar-refractivity contribution in [1.82, 2.24) is 15.5 Å². The van der Waals surface area contributed by atoms with E-state index in [4.69, 9.17) is 4.74 Å². The van der Waals surface area contributed by atoms with Gasteiger partial charge in [-0.2, -0.15) is 0 Å². The number of nitrogens with zero attached hydrogens (tertiary/aromatic N) is 2. The van der Waals surface area contributed by atoms with Crippen LogP contribution in [0.5, 0.6) is 5.75 Å². The Labute approximate surface area is 192 Å². The molecule has 0 bridgehead atoms. The van der Waals surface area contributed by atoms with Crippen molar-refractivity contribution in [1.29, 1.82) is 0 Å². The van der Waals surface area contributed by atoms with Gasteiger partial charge in [-0.1, -0.05) is 42.5 Å². The molecule has 0 amide bonds. The minimum absolute atomic E-state index is 0. The molecule has 2 aromatic rings. The zero-order valence-corrected chi connectivity index (χ0v) is 19.9. The summed E-state index contributed by atoms with van der Waals surface area (Å²) < 4.78 is 5.32. The summed E-state index contributed by atoms with van der Waals surface area (Å²) in [4.78, 5) is 6.99. The van der Waals surface area contributed by atoms with Gasteiger partial charge >= 0.3 is 0 Å². The van der Waals surface area contributed by atoms with Gasteiger partial charge in [-0.3, -0.25) is 9.89 Å². The molecule has 0 aromatic heterocycles. The van der Waals surface area contributed by atoms with E-state index in [-0.39, 0.29) is 30.0 Å². The quantitative estimate of drug-likeness (QED) is 0.331. The molecule has 2 aromatic carbocycles. The smallest absolute Gasteiger partial charge is 0.191 e. The fraction of sp³-hybridized carbons (Fsp3) is 0.435. The highest BCUT2D eigenvalue weighted by atomic mass is 127. The second-order valence-electron chi connectivity index (χ2n) is 7.26. The van der Waals surface area contributed by atoms with Crippen LogP contribution in [0.15, 0.2) is 59.6 Å². The standard InChI is InChI=1S/C23H32N4O.HI/c1-18(19-9-5-4-6-10-19)26-23(24-2)25-17-22(27-15-7-8-16-27)20-11-13-21(28-3)14-12-20;/h4-6,9-14,18,22H,7-8,15-17H2,1-3H3,(H2,24,25,26);1H. The Morgan fingerprint density at radius 3 is 2.28 bits per heavy atom. The predicted octanol–water partition coefficient (Wildman–Crippen LogP) is 4.38. The number of guanidine groups is 1. The van der Waals surface area contributed by atoms with Crippen molar-refractivity contribution in [2.75, 3.05) is 33.8 Å². The lowest BCUT2D eigenvalue weighted by Gasteiger charge is -2.29. The monoisotopic (exact) mass is 508 g/mol. The van der Waals surface area contributed by atoms with Crippen molar-refractivity contribution in [3.8, 4) is 5.75 Å². The zero-order valence-electron chi connectivity index (χ0n) is 17.6. The molecule has 2 unspecified atom stereocenters. The fourth-order valence-electron chi connectivity index (χ4n) is 3.76. The summed E-state index contributed by atoms with van der Waals surface area (Å²) in [6.45, 7) is 5.26. The second kappa shape index (κ2) is 12.0. The number of halogens is 1. The van der Waals surface area contributed by atoms with E-state index in [2.05, 4.69) is 63.8 Å². The zero-order chi connectivity index (χ0) is 19.8. The van der Waals surface area contributed by atoms with E-state index < -0.39 is 0 Å². The number of hydrogen-bond acceptors (Lipinski definition) is 3. The number of ether oxygens (including phenoxy) is 1. The predicted molar refractivity (Wildman–Crippen MR) is 131 cm³/mol. The molecule has 5 nitrogen and oxygen atoms in total. The highest BCUT2D eigenvalue weighted by Gasteiger charge is 2.24. The van der Waals surface area contributed by atoms with Crippen LogP contribution in [-0.4, -0.2) is 44.7 Å². The van der Waals surface area contributed by atoms with Crippen LogP contribution in [0.25, 0.3) is 0 Å². The average molecular weight is 508 g/mol. The van der Waals surface area contributed by atoms with Gasteiger partial charge in [0, 0.05) is 13.6 Å². The third-order valence-corrected chi connectivity index (χ3v) is 5.42. The molecule has 1 heterocycles. The third kappa shape index (κ3) is 6.60. The molecule has 1 fully saturated rings. The fourth-order valence-corrected chi connectivity index (χ4v) is 3.76. The summed E-state index contributed by atoms with van der Waals surface area (Å²) in [6, 6.07) is 19.4. The normalized spacial score (nSPS) is 16.6. The van der Waals surface area contributed by atoms with E-state index in [1.165, 1.54) is 24.0 Å². The van der Waals surface area contributed by atoms with E-state index in [1.54, 1.807) is 7.11 Å². The van der Waals surface area contributed by atoms with Crippen LogP contribution >= 0.6 is 24.0 Å². The van der Waals surface area contributed by atoms with Gasteiger partial charge in [0.05, 0.1) is 19.2 Å². The first-order valence-corrected chi connectivity index (χ1v) is 10.1. The number of benzene rings is 2. The minimum atomic E-state index is 0. The maximum atomic E-state index is 5.32. The molecule has 0 radical (unpaired) electrons. The molecule has 1 aliphatic rings. The van der Waals surface area contributed by atoms with Gasteiger partial charge in [-0.25, -0.2) is 0 Å². The molecule has 6 heteroatoms. The van der Waals surface area contributed by atoms with E-state index in [0.29, 0.717) is 6.04 Å². The SMILES string of the molecule is CN=C(NCC(c1ccc(OC)cc1)N1CCCC1)NC(C)c1ccccc1.I. The number of nitrogens with one attached hydrogen (secondary N) is 2. The van der Waals surface area contributed by atoms with Crippen LogP contribution in [0, 0.1) is 0 Å². The Balaban J connectivity index is 0.00000300. The Morgan fingerprint density at radius 1 is 1.03 bits per heavy atom. The first-order chi connectivity index (χ1) is 13.7. The topological polar surface area (TPSA) is 48.9 Å². The van der Waals surface area contributed by atoms with Gasteiger partial charge in [-0.15, -0.1) is 24.0 Å². The molecule has 2 N–H and O–H groups in total. The Bertz CT molecular complexity index is 745. The van der Waals surface area contributed by atoms with Crippen molar-refractivity contribution < 1.29 is 4.74 Å². The maximum Gasteiger partial charge on any atom is 0.191 e. The summed E-state index contributed by atoms with van der Waals surface area (Å²) in [5.41, 5.74) is 2.55. The van der Waals surface area contributed by atoms with E-state index >= 15 is 0 Å². The van der Waals surface area contributed by atoms with E-state index in [0.717, 1.165) is 31.3 Å². The molecule has 0 aliphatic carbocycles. The lowest BCUT2D eigenvalue weighted by atomic mass is 10.1. The Kier molecular flexibility index (Phi) is 9.73. The molecular weight excluding hydrogens is 475 g/mol. The third-order valence-electron chi connectivity index (χ3n) is 5.42. The molecule has 2 atom stereocenters. The summed E-state index contributed by atoms with van der Waals surface area (Å²) in [6.07, 6.45) is 2.54. The van der Waals surface area contributed by atoms with E-state index in [1.807, 2.05) is 25.2 Å². The summed E-state index contributed by atoms with van der Waals surface area (Å²) in [5, 5.41) is 7.04. The molecule has 3 rings (SSSR count). The molecule has 0 saturated carbocycles. The highest BCUT2D eigenvalue weighted by Crippen LogP contribution is 2.26. The highest BCUT2D eigenvalue weighted by molar-refractivity contribution is 14.0. The van der Waals surface area contributed by atoms with Gasteiger partial charge in [0.2, 0.25) is 0 Å². The summed E-state index contributed by atoms with van der Waals surface area (Å²) >= 11 is 0. The van der Waals surface area contributed by atoms with Crippen molar-refractivity contribution >= 4 is 29.9 Å². The Hall–Kier alpha value is -1.80.